The van der Waals surface area contributed by atoms with Crippen LogP contribution in [0.15, 0.2) is 58.6 Å². The number of benzene rings is 2. The smallest absolute Gasteiger partial charge is 0.258 e. The van der Waals surface area contributed by atoms with Gasteiger partial charge in [-0.1, -0.05) is 0 Å². The molecule has 0 aliphatic carbocycles. The molecule has 27 heavy (non-hydrogen) atoms. The Kier molecular flexibility index (Phi) is 5.71. The minimum atomic E-state index is -0.633. The van der Waals surface area contributed by atoms with Crippen LogP contribution in [0.1, 0.15) is 21.7 Å². The van der Waals surface area contributed by atoms with Gasteiger partial charge < -0.3 is 10.1 Å². The summed E-state index contributed by atoms with van der Waals surface area (Å²) in [7, 11) is 1.44. The average molecular weight is 383 g/mol. The summed E-state index contributed by atoms with van der Waals surface area (Å²) in [5, 5.41) is 3.36. The van der Waals surface area contributed by atoms with Crippen molar-refractivity contribution in [2.24, 2.45) is 0 Å². The second-order valence-electron chi connectivity index (χ2n) is 5.86. The fourth-order valence-electron chi connectivity index (χ4n) is 2.46. The highest BCUT2D eigenvalue weighted by atomic mass is 32.2. The van der Waals surface area contributed by atoms with E-state index in [1.807, 2.05) is 32.0 Å². The van der Waals surface area contributed by atoms with E-state index in [-0.39, 0.29) is 5.56 Å². The number of aryl methyl sites for hydroxylation is 2. The summed E-state index contributed by atoms with van der Waals surface area (Å²) in [5.41, 5.74) is 2.35. The van der Waals surface area contributed by atoms with Crippen molar-refractivity contribution >= 4 is 23.4 Å². The number of nitrogens with zero attached hydrogens (tertiary/aromatic N) is 2. The highest BCUT2D eigenvalue weighted by Crippen LogP contribution is 2.26. The number of aromatic nitrogens is 2. The van der Waals surface area contributed by atoms with Crippen molar-refractivity contribution in [1.82, 2.24) is 9.97 Å². The molecule has 3 aromatic rings. The fourth-order valence-corrected chi connectivity index (χ4v) is 3.32. The largest absolute Gasteiger partial charge is 0.497 e. The molecule has 1 N–H and O–H groups in total. The Hall–Kier alpha value is -2.93. The molecule has 0 aliphatic heterocycles. The first-order valence-electron chi connectivity index (χ1n) is 8.19. The number of hydrogen-bond donors (Lipinski definition) is 1. The van der Waals surface area contributed by atoms with Crippen LogP contribution >= 0.6 is 11.8 Å². The van der Waals surface area contributed by atoms with Crippen molar-refractivity contribution in [2.45, 2.75) is 23.9 Å². The second kappa shape index (κ2) is 8.18. The minimum Gasteiger partial charge on any atom is -0.497 e. The number of ether oxygens (including phenoxy) is 1. The molecule has 0 saturated heterocycles. The van der Waals surface area contributed by atoms with Crippen molar-refractivity contribution in [3.8, 4) is 5.75 Å². The molecule has 1 heterocycles. The number of methoxy groups -OCH3 is 1. The van der Waals surface area contributed by atoms with Crippen molar-refractivity contribution < 1.29 is 13.9 Å². The zero-order valence-electron chi connectivity index (χ0n) is 15.1. The second-order valence-corrected chi connectivity index (χ2v) is 6.90. The third-order valence-electron chi connectivity index (χ3n) is 3.70. The van der Waals surface area contributed by atoms with E-state index in [4.69, 9.17) is 4.74 Å². The molecule has 138 valence electrons. The predicted molar refractivity (Wildman–Crippen MR) is 103 cm³/mol. The number of halogens is 1. The SMILES string of the molecule is COc1ccc(C(=O)Nc2ccc(Sc3nc(C)cc(C)n3)cc2)c(F)c1. The molecule has 2 aromatic carbocycles. The topological polar surface area (TPSA) is 64.1 Å². The van der Waals surface area contributed by atoms with E-state index in [1.54, 1.807) is 18.2 Å². The highest BCUT2D eigenvalue weighted by molar-refractivity contribution is 7.99. The van der Waals surface area contributed by atoms with E-state index < -0.39 is 11.7 Å². The molecule has 0 aliphatic rings. The number of rotatable bonds is 5. The molecule has 0 unspecified atom stereocenters. The lowest BCUT2D eigenvalue weighted by molar-refractivity contribution is 0.102. The van der Waals surface area contributed by atoms with Gasteiger partial charge >= 0.3 is 0 Å². The Bertz CT molecular complexity index is 957. The Morgan fingerprint density at radius 1 is 1.04 bits per heavy atom. The molecule has 1 amide bonds. The first-order valence-corrected chi connectivity index (χ1v) is 9.01. The minimum absolute atomic E-state index is 0.0436. The maximum absolute atomic E-state index is 14.0. The highest BCUT2D eigenvalue weighted by Gasteiger charge is 2.13. The molecule has 0 spiro atoms. The Morgan fingerprint density at radius 2 is 1.70 bits per heavy atom. The Morgan fingerprint density at radius 3 is 2.30 bits per heavy atom. The van der Waals surface area contributed by atoms with E-state index in [2.05, 4.69) is 15.3 Å². The van der Waals surface area contributed by atoms with Gasteiger partial charge in [-0.2, -0.15) is 0 Å². The van der Waals surface area contributed by atoms with Gasteiger partial charge in [-0.3, -0.25) is 4.79 Å². The van der Waals surface area contributed by atoms with Gasteiger partial charge in [0.2, 0.25) is 0 Å². The van der Waals surface area contributed by atoms with Crippen molar-refractivity contribution in [2.75, 3.05) is 12.4 Å². The van der Waals surface area contributed by atoms with Gasteiger partial charge in [0.1, 0.15) is 11.6 Å². The third-order valence-corrected chi connectivity index (χ3v) is 4.58. The zero-order valence-corrected chi connectivity index (χ0v) is 15.9. The molecule has 0 radical (unpaired) electrons. The van der Waals surface area contributed by atoms with E-state index >= 15 is 0 Å². The normalized spacial score (nSPS) is 10.5. The van der Waals surface area contributed by atoms with Crippen molar-refractivity contribution in [1.29, 1.82) is 0 Å². The van der Waals surface area contributed by atoms with E-state index in [1.165, 1.54) is 31.0 Å². The van der Waals surface area contributed by atoms with Gasteiger partial charge in [-0.15, -0.1) is 0 Å². The van der Waals surface area contributed by atoms with Crippen LogP contribution in [0.25, 0.3) is 0 Å². The lowest BCUT2D eigenvalue weighted by atomic mass is 10.2. The van der Waals surface area contributed by atoms with Crippen LogP contribution in [0.5, 0.6) is 5.75 Å². The number of anilines is 1. The maximum Gasteiger partial charge on any atom is 0.258 e. The van der Waals surface area contributed by atoms with Gasteiger partial charge in [0.05, 0.1) is 12.7 Å². The van der Waals surface area contributed by atoms with Crippen LogP contribution in [0, 0.1) is 19.7 Å². The van der Waals surface area contributed by atoms with E-state index in [0.29, 0.717) is 16.6 Å². The average Bonchev–Trinajstić information content (AvgIpc) is 2.62. The maximum atomic E-state index is 14.0. The molecule has 0 atom stereocenters. The van der Waals surface area contributed by atoms with E-state index in [9.17, 15) is 9.18 Å². The quantitative estimate of drug-likeness (QED) is 0.650. The summed E-state index contributed by atoms with van der Waals surface area (Å²) in [5.74, 6) is -0.793. The summed E-state index contributed by atoms with van der Waals surface area (Å²) < 4.78 is 18.9. The fraction of sp³-hybridized carbons (Fsp3) is 0.150. The number of amides is 1. The Labute approximate surface area is 161 Å². The molecule has 0 bridgehead atoms. The van der Waals surface area contributed by atoms with Crippen LogP contribution < -0.4 is 10.1 Å². The van der Waals surface area contributed by atoms with Gasteiger partial charge in [-0.05, 0) is 68.1 Å². The Balaban J connectivity index is 1.69. The van der Waals surface area contributed by atoms with Crippen LogP contribution in [-0.4, -0.2) is 23.0 Å². The lowest BCUT2D eigenvalue weighted by Crippen LogP contribution is -2.13. The summed E-state index contributed by atoms with van der Waals surface area (Å²) in [6, 6.07) is 13.2. The van der Waals surface area contributed by atoms with Crippen LogP contribution in [0.3, 0.4) is 0 Å². The molecule has 0 fully saturated rings. The van der Waals surface area contributed by atoms with Crippen molar-refractivity contribution in [3.05, 3.63) is 71.3 Å². The number of nitrogens with one attached hydrogen (secondary N) is 1. The molecule has 0 saturated carbocycles. The third kappa shape index (κ3) is 4.83. The summed E-state index contributed by atoms with van der Waals surface area (Å²) in [4.78, 5) is 22.0. The zero-order chi connectivity index (χ0) is 19.4. The van der Waals surface area contributed by atoms with Crippen LogP contribution in [0.4, 0.5) is 10.1 Å². The number of carbonyl (C=O) groups excluding carboxylic acids is 1. The van der Waals surface area contributed by atoms with Crippen molar-refractivity contribution in [3.63, 3.8) is 0 Å². The summed E-state index contributed by atoms with van der Waals surface area (Å²) in [6.07, 6.45) is 0. The molecular weight excluding hydrogens is 365 g/mol. The lowest BCUT2D eigenvalue weighted by Gasteiger charge is -2.08. The monoisotopic (exact) mass is 383 g/mol. The standard InChI is InChI=1S/C20H18FN3O2S/c1-12-10-13(2)23-20(22-12)27-16-7-4-14(5-8-16)24-19(25)17-9-6-15(26-3)11-18(17)21/h4-11H,1-3H3,(H,24,25). The van der Waals surface area contributed by atoms with Crippen LogP contribution in [-0.2, 0) is 0 Å². The molecule has 3 rings (SSSR count). The molecule has 7 heteroatoms. The van der Waals surface area contributed by atoms with Gasteiger partial charge in [-0.25, -0.2) is 14.4 Å². The molecule has 1 aromatic heterocycles. The summed E-state index contributed by atoms with van der Waals surface area (Å²) in [6.45, 7) is 3.85. The predicted octanol–water partition coefficient (Wildman–Crippen LogP) is 4.64. The molecule has 5 nitrogen and oxygen atoms in total. The van der Waals surface area contributed by atoms with Gasteiger partial charge in [0.15, 0.2) is 5.16 Å². The van der Waals surface area contributed by atoms with E-state index in [0.717, 1.165) is 16.3 Å². The first kappa shape index (κ1) is 18.8. The number of carbonyl (C=O) groups is 1. The van der Waals surface area contributed by atoms with Gasteiger partial charge in [0, 0.05) is 28.0 Å². The van der Waals surface area contributed by atoms with Gasteiger partial charge in [0.25, 0.3) is 5.91 Å². The number of hydrogen-bond acceptors (Lipinski definition) is 5. The molecular formula is C20H18FN3O2S. The summed E-state index contributed by atoms with van der Waals surface area (Å²) >= 11 is 1.44. The first-order chi connectivity index (χ1) is 12.9. The van der Waals surface area contributed by atoms with Crippen LogP contribution in [0.2, 0.25) is 0 Å².